The lowest BCUT2D eigenvalue weighted by atomic mass is 9.90. The van der Waals surface area contributed by atoms with Crippen molar-refractivity contribution in [3.05, 3.63) is 30.7 Å². The van der Waals surface area contributed by atoms with Gasteiger partial charge in [0.25, 0.3) is 0 Å². The number of anilines is 1. The number of aromatic nitrogens is 5. The standard InChI is InChI=1S/C21H27N7O/c1-27-20(13-24-26-27)15-2-7-19-18(12-15)21(23-14-22-19)25-16-3-5-17(6-4-16)28-8-10-29-11-9-28/h2,7,12-14,16-17H,3-6,8-11H2,1H3,(H,22,23,25). The maximum absolute atomic E-state index is 5.50. The number of hydrogen-bond acceptors (Lipinski definition) is 7. The summed E-state index contributed by atoms with van der Waals surface area (Å²) in [5.41, 5.74) is 3.00. The highest BCUT2D eigenvalue weighted by Gasteiger charge is 2.27. The number of ether oxygens (including phenoxy) is 1. The van der Waals surface area contributed by atoms with Crippen LogP contribution in [0.15, 0.2) is 30.7 Å². The molecule has 3 heterocycles. The average molecular weight is 393 g/mol. The molecule has 0 bridgehead atoms. The molecule has 1 aliphatic heterocycles. The second kappa shape index (κ2) is 8.04. The minimum atomic E-state index is 0.451. The zero-order valence-electron chi connectivity index (χ0n) is 16.8. The predicted octanol–water partition coefficient (Wildman–Crippen LogP) is 2.48. The van der Waals surface area contributed by atoms with Crippen LogP contribution < -0.4 is 5.32 Å². The van der Waals surface area contributed by atoms with E-state index in [1.54, 1.807) is 17.2 Å². The minimum Gasteiger partial charge on any atom is -0.379 e. The number of nitrogens with one attached hydrogen (secondary N) is 1. The van der Waals surface area contributed by atoms with Crippen molar-refractivity contribution in [2.45, 2.75) is 37.8 Å². The molecule has 2 fully saturated rings. The van der Waals surface area contributed by atoms with Crippen LogP contribution in [0.2, 0.25) is 0 Å². The summed E-state index contributed by atoms with van der Waals surface area (Å²) in [7, 11) is 1.90. The first-order valence-corrected chi connectivity index (χ1v) is 10.5. The van der Waals surface area contributed by atoms with Gasteiger partial charge in [0, 0.05) is 43.2 Å². The van der Waals surface area contributed by atoms with E-state index in [4.69, 9.17) is 4.74 Å². The van der Waals surface area contributed by atoms with Crippen molar-refractivity contribution in [2.75, 3.05) is 31.6 Å². The van der Waals surface area contributed by atoms with Crippen LogP contribution in [-0.4, -0.2) is 68.2 Å². The molecular weight excluding hydrogens is 366 g/mol. The van der Waals surface area contributed by atoms with Crippen LogP contribution in [0.4, 0.5) is 5.82 Å². The molecular formula is C21H27N7O. The average Bonchev–Trinajstić information content (AvgIpc) is 3.21. The summed E-state index contributed by atoms with van der Waals surface area (Å²) in [5, 5.41) is 12.8. The highest BCUT2D eigenvalue weighted by Crippen LogP contribution is 2.30. The van der Waals surface area contributed by atoms with Gasteiger partial charge in [0.2, 0.25) is 0 Å². The van der Waals surface area contributed by atoms with Gasteiger partial charge in [-0.15, -0.1) is 5.10 Å². The Bertz CT molecular complexity index is 974. The normalized spacial score (nSPS) is 23.3. The molecule has 0 amide bonds. The highest BCUT2D eigenvalue weighted by atomic mass is 16.5. The molecule has 2 aromatic heterocycles. The third-order valence-corrected chi connectivity index (χ3v) is 6.25. The third kappa shape index (κ3) is 3.82. The molecule has 0 radical (unpaired) electrons. The van der Waals surface area contributed by atoms with Crippen molar-refractivity contribution in [3.8, 4) is 11.3 Å². The molecule has 29 heavy (non-hydrogen) atoms. The molecule has 8 nitrogen and oxygen atoms in total. The molecule has 8 heteroatoms. The van der Waals surface area contributed by atoms with Crippen LogP contribution in [0.5, 0.6) is 0 Å². The van der Waals surface area contributed by atoms with Crippen molar-refractivity contribution < 1.29 is 4.74 Å². The monoisotopic (exact) mass is 393 g/mol. The summed E-state index contributed by atoms with van der Waals surface area (Å²) in [6.07, 6.45) is 8.22. The van der Waals surface area contributed by atoms with Crippen molar-refractivity contribution in [1.82, 2.24) is 29.9 Å². The van der Waals surface area contributed by atoms with Gasteiger partial charge < -0.3 is 10.1 Å². The number of fused-ring (bicyclic) bond motifs is 1. The Morgan fingerprint density at radius 1 is 1.07 bits per heavy atom. The maximum atomic E-state index is 5.50. The molecule has 0 spiro atoms. The van der Waals surface area contributed by atoms with Crippen molar-refractivity contribution in [2.24, 2.45) is 7.05 Å². The summed E-state index contributed by atoms with van der Waals surface area (Å²) >= 11 is 0. The fourth-order valence-electron chi connectivity index (χ4n) is 4.60. The third-order valence-electron chi connectivity index (χ3n) is 6.25. The van der Waals surface area contributed by atoms with Crippen molar-refractivity contribution >= 4 is 16.7 Å². The lowest BCUT2D eigenvalue weighted by Crippen LogP contribution is -2.46. The van der Waals surface area contributed by atoms with E-state index in [2.05, 4.69) is 42.6 Å². The van der Waals surface area contributed by atoms with Gasteiger partial charge in [-0.25, -0.2) is 14.6 Å². The van der Waals surface area contributed by atoms with Crippen molar-refractivity contribution in [1.29, 1.82) is 0 Å². The molecule has 1 aromatic carbocycles. The molecule has 5 rings (SSSR count). The Labute approximate surface area is 170 Å². The van der Waals surface area contributed by atoms with Crippen molar-refractivity contribution in [3.63, 3.8) is 0 Å². The summed E-state index contributed by atoms with van der Waals surface area (Å²) in [6.45, 7) is 3.90. The quantitative estimate of drug-likeness (QED) is 0.729. The van der Waals surface area contributed by atoms with Gasteiger partial charge in [-0.05, 0) is 37.8 Å². The van der Waals surface area contributed by atoms with Gasteiger partial charge in [0.1, 0.15) is 12.1 Å². The number of hydrogen-bond donors (Lipinski definition) is 1. The van der Waals surface area contributed by atoms with Gasteiger partial charge in [-0.3, -0.25) is 4.90 Å². The molecule has 0 unspecified atom stereocenters. The van der Waals surface area contributed by atoms with E-state index in [0.29, 0.717) is 12.1 Å². The first-order chi connectivity index (χ1) is 14.3. The lowest BCUT2D eigenvalue weighted by molar-refractivity contribution is 0.00791. The van der Waals surface area contributed by atoms with E-state index in [1.165, 1.54) is 25.7 Å². The predicted molar refractivity (Wildman–Crippen MR) is 112 cm³/mol. The zero-order valence-corrected chi connectivity index (χ0v) is 16.8. The van der Waals surface area contributed by atoms with Gasteiger partial charge in [-0.1, -0.05) is 11.3 Å². The summed E-state index contributed by atoms with van der Waals surface area (Å²) < 4.78 is 7.28. The van der Waals surface area contributed by atoms with Gasteiger partial charge >= 0.3 is 0 Å². The zero-order chi connectivity index (χ0) is 19.6. The minimum absolute atomic E-state index is 0.451. The highest BCUT2D eigenvalue weighted by molar-refractivity contribution is 5.92. The van der Waals surface area contributed by atoms with E-state index in [1.807, 2.05) is 13.1 Å². The molecule has 2 aliphatic rings. The number of benzene rings is 1. The Balaban J connectivity index is 1.32. The molecule has 1 aliphatic carbocycles. The number of morpholine rings is 1. The Morgan fingerprint density at radius 2 is 1.90 bits per heavy atom. The second-order valence-electron chi connectivity index (χ2n) is 8.00. The fraction of sp³-hybridized carbons (Fsp3) is 0.524. The van der Waals surface area contributed by atoms with Crippen LogP contribution in [0.1, 0.15) is 25.7 Å². The Hall–Kier alpha value is -2.58. The topological polar surface area (TPSA) is 81.0 Å². The van der Waals surface area contributed by atoms with E-state index < -0.39 is 0 Å². The number of rotatable bonds is 4. The first kappa shape index (κ1) is 18.4. The van der Waals surface area contributed by atoms with Crippen LogP contribution >= 0.6 is 0 Å². The van der Waals surface area contributed by atoms with E-state index in [-0.39, 0.29) is 0 Å². The SMILES string of the molecule is Cn1nncc1-c1ccc2ncnc(NC3CCC(N4CCOCC4)CC3)c2c1. The molecule has 1 saturated heterocycles. The molecule has 3 aromatic rings. The second-order valence-corrected chi connectivity index (χ2v) is 8.00. The summed E-state index contributed by atoms with van der Waals surface area (Å²) in [4.78, 5) is 11.6. The Kier molecular flexibility index (Phi) is 5.12. The summed E-state index contributed by atoms with van der Waals surface area (Å²) in [5.74, 6) is 0.918. The number of nitrogens with zero attached hydrogens (tertiary/aromatic N) is 6. The van der Waals surface area contributed by atoms with Gasteiger partial charge in [0.15, 0.2) is 0 Å². The molecule has 1 N–H and O–H groups in total. The van der Waals surface area contributed by atoms with Gasteiger partial charge in [0.05, 0.1) is 30.6 Å². The smallest absolute Gasteiger partial charge is 0.137 e. The van der Waals surface area contributed by atoms with E-state index in [0.717, 1.165) is 54.3 Å². The number of aryl methyl sites for hydroxylation is 1. The van der Waals surface area contributed by atoms with Crippen LogP contribution in [0.3, 0.4) is 0 Å². The largest absolute Gasteiger partial charge is 0.379 e. The molecule has 1 saturated carbocycles. The lowest BCUT2D eigenvalue weighted by Gasteiger charge is -2.39. The van der Waals surface area contributed by atoms with Gasteiger partial charge in [-0.2, -0.15) is 0 Å². The van der Waals surface area contributed by atoms with Crippen LogP contribution in [0.25, 0.3) is 22.2 Å². The summed E-state index contributed by atoms with van der Waals surface area (Å²) in [6, 6.07) is 7.39. The van der Waals surface area contributed by atoms with Crippen LogP contribution in [0, 0.1) is 0 Å². The van der Waals surface area contributed by atoms with Crippen LogP contribution in [-0.2, 0) is 11.8 Å². The van der Waals surface area contributed by atoms with E-state index >= 15 is 0 Å². The fourth-order valence-corrected chi connectivity index (χ4v) is 4.60. The Morgan fingerprint density at radius 3 is 2.66 bits per heavy atom. The molecule has 152 valence electrons. The first-order valence-electron chi connectivity index (χ1n) is 10.5. The maximum Gasteiger partial charge on any atom is 0.137 e. The molecule has 0 atom stereocenters. The van der Waals surface area contributed by atoms with E-state index in [9.17, 15) is 0 Å².